The highest BCUT2D eigenvalue weighted by Gasteiger charge is 2.37. The van der Waals surface area contributed by atoms with Crippen LogP contribution in [0.3, 0.4) is 0 Å². The zero-order valence-corrected chi connectivity index (χ0v) is 10.3. The number of hydrogen-bond acceptors (Lipinski definition) is 3. The fourth-order valence-corrected chi connectivity index (χ4v) is 2.94. The van der Waals surface area contributed by atoms with E-state index in [4.69, 9.17) is 10.5 Å². The number of likely N-dealkylation sites (tertiary alicyclic amines) is 1. The predicted molar refractivity (Wildman–Crippen MR) is 68.5 cm³/mol. The average Bonchev–Trinajstić information content (AvgIpc) is 3.04. The number of ether oxygens (including phenoxy) is 1. The van der Waals surface area contributed by atoms with E-state index >= 15 is 0 Å². The Hall–Kier alpha value is -1.55. The first kappa shape index (κ1) is 11.5. The fraction of sp³-hybridized carbons (Fsp3) is 0.500. The minimum absolute atomic E-state index is 0.145. The van der Waals surface area contributed by atoms with Crippen LogP contribution in [0.25, 0.3) is 0 Å². The zero-order valence-electron chi connectivity index (χ0n) is 10.3. The van der Waals surface area contributed by atoms with E-state index in [2.05, 4.69) is 0 Å². The lowest BCUT2D eigenvalue weighted by atomic mass is 9.99. The smallest absolute Gasteiger partial charge is 0.234 e. The van der Waals surface area contributed by atoms with Crippen molar-refractivity contribution in [2.45, 2.75) is 24.8 Å². The van der Waals surface area contributed by atoms with Crippen molar-refractivity contribution in [3.8, 4) is 5.75 Å². The predicted octanol–water partition coefficient (Wildman–Crippen LogP) is 1.11. The Labute approximate surface area is 107 Å². The third-order valence-corrected chi connectivity index (χ3v) is 3.93. The number of amides is 1. The molecule has 0 unspecified atom stereocenters. The maximum Gasteiger partial charge on any atom is 0.234 e. The first-order valence-electron chi connectivity index (χ1n) is 6.53. The van der Waals surface area contributed by atoms with Gasteiger partial charge in [0.05, 0.1) is 0 Å². The standard InChI is InChI=1S/C14H18N2O2/c15-8-10-4-3-7-16(10)14(17)12-9-18-13-6-2-1-5-11(12)13/h1-2,5-6,10,12H,3-4,7-9,15H2/t10-,12-/m0/s1. The molecule has 1 aromatic rings. The molecule has 0 aromatic heterocycles. The van der Waals surface area contributed by atoms with E-state index in [-0.39, 0.29) is 17.9 Å². The minimum atomic E-state index is -0.145. The molecule has 96 valence electrons. The number of carbonyl (C=O) groups is 1. The van der Waals surface area contributed by atoms with E-state index in [1.165, 1.54) is 0 Å². The highest BCUT2D eigenvalue weighted by molar-refractivity contribution is 5.86. The van der Waals surface area contributed by atoms with Crippen molar-refractivity contribution in [1.82, 2.24) is 4.90 Å². The van der Waals surface area contributed by atoms with Crippen LogP contribution in [0.2, 0.25) is 0 Å². The van der Waals surface area contributed by atoms with E-state index in [9.17, 15) is 4.79 Å². The highest BCUT2D eigenvalue weighted by atomic mass is 16.5. The number of carbonyl (C=O) groups excluding carboxylic acids is 1. The van der Waals surface area contributed by atoms with Gasteiger partial charge in [-0.05, 0) is 18.9 Å². The molecule has 2 heterocycles. The molecule has 1 amide bonds. The van der Waals surface area contributed by atoms with Crippen LogP contribution in [0.5, 0.6) is 5.75 Å². The number of hydrogen-bond donors (Lipinski definition) is 1. The van der Waals surface area contributed by atoms with Crippen molar-refractivity contribution in [2.75, 3.05) is 19.7 Å². The summed E-state index contributed by atoms with van der Waals surface area (Å²) in [6, 6.07) is 8.01. The van der Waals surface area contributed by atoms with Crippen molar-refractivity contribution in [1.29, 1.82) is 0 Å². The second-order valence-corrected chi connectivity index (χ2v) is 4.96. The lowest BCUT2D eigenvalue weighted by Crippen LogP contribution is -2.42. The Kier molecular flexibility index (Phi) is 2.96. The van der Waals surface area contributed by atoms with E-state index in [0.717, 1.165) is 30.7 Å². The van der Waals surface area contributed by atoms with E-state index < -0.39 is 0 Å². The van der Waals surface area contributed by atoms with Crippen LogP contribution >= 0.6 is 0 Å². The molecule has 0 spiro atoms. The maximum atomic E-state index is 12.6. The van der Waals surface area contributed by atoms with Crippen LogP contribution in [0.15, 0.2) is 24.3 Å². The Morgan fingerprint density at radius 3 is 3.11 bits per heavy atom. The maximum absolute atomic E-state index is 12.6. The number of fused-ring (bicyclic) bond motifs is 1. The normalized spacial score (nSPS) is 25.9. The Bertz CT molecular complexity index is 461. The van der Waals surface area contributed by atoms with Gasteiger partial charge in [-0.3, -0.25) is 4.79 Å². The Morgan fingerprint density at radius 1 is 1.44 bits per heavy atom. The summed E-state index contributed by atoms with van der Waals surface area (Å²) < 4.78 is 5.58. The summed E-state index contributed by atoms with van der Waals surface area (Å²) in [5.74, 6) is 0.876. The summed E-state index contributed by atoms with van der Waals surface area (Å²) in [6.07, 6.45) is 2.08. The molecular weight excluding hydrogens is 228 g/mol. The molecular formula is C14H18N2O2. The third-order valence-electron chi connectivity index (χ3n) is 3.93. The molecule has 4 nitrogen and oxygen atoms in total. The minimum Gasteiger partial charge on any atom is -0.492 e. The molecule has 4 heteroatoms. The lowest BCUT2D eigenvalue weighted by molar-refractivity contribution is -0.133. The molecule has 0 saturated carbocycles. The molecule has 2 aliphatic rings. The quantitative estimate of drug-likeness (QED) is 0.850. The molecule has 0 radical (unpaired) electrons. The largest absolute Gasteiger partial charge is 0.492 e. The third kappa shape index (κ3) is 1.77. The summed E-state index contributed by atoms with van der Waals surface area (Å²) in [4.78, 5) is 14.5. The van der Waals surface area contributed by atoms with Crippen LogP contribution in [0, 0.1) is 0 Å². The van der Waals surface area contributed by atoms with Gasteiger partial charge in [-0.15, -0.1) is 0 Å². The molecule has 2 N–H and O–H groups in total. The summed E-state index contributed by atoms with van der Waals surface area (Å²) in [5.41, 5.74) is 6.75. The molecule has 2 atom stereocenters. The van der Waals surface area contributed by atoms with Gasteiger partial charge in [0, 0.05) is 24.7 Å². The van der Waals surface area contributed by atoms with Crippen molar-refractivity contribution in [2.24, 2.45) is 5.73 Å². The molecule has 1 aromatic carbocycles. The van der Waals surface area contributed by atoms with Gasteiger partial charge in [0.25, 0.3) is 0 Å². The number of rotatable bonds is 2. The molecule has 0 bridgehead atoms. The van der Waals surface area contributed by atoms with Crippen LogP contribution in [0.1, 0.15) is 24.3 Å². The van der Waals surface area contributed by atoms with Crippen LogP contribution in [-0.4, -0.2) is 36.5 Å². The first-order valence-corrected chi connectivity index (χ1v) is 6.53. The SMILES string of the molecule is NC[C@@H]1CCCN1C(=O)[C@H]1COc2ccccc21. The number of benzene rings is 1. The molecule has 2 aliphatic heterocycles. The van der Waals surface area contributed by atoms with Gasteiger partial charge in [-0.1, -0.05) is 18.2 Å². The van der Waals surface area contributed by atoms with E-state index in [1.54, 1.807) is 0 Å². The molecule has 18 heavy (non-hydrogen) atoms. The summed E-state index contributed by atoms with van der Waals surface area (Å²) >= 11 is 0. The number of para-hydroxylation sites is 1. The van der Waals surface area contributed by atoms with Gasteiger partial charge >= 0.3 is 0 Å². The zero-order chi connectivity index (χ0) is 12.5. The van der Waals surface area contributed by atoms with Gasteiger partial charge in [-0.2, -0.15) is 0 Å². The fourth-order valence-electron chi connectivity index (χ4n) is 2.94. The van der Waals surface area contributed by atoms with Crippen LogP contribution < -0.4 is 10.5 Å². The van der Waals surface area contributed by atoms with E-state index in [0.29, 0.717) is 13.2 Å². The van der Waals surface area contributed by atoms with Crippen LogP contribution in [-0.2, 0) is 4.79 Å². The topological polar surface area (TPSA) is 55.6 Å². The monoisotopic (exact) mass is 246 g/mol. The van der Waals surface area contributed by atoms with Crippen molar-refractivity contribution in [3.05, 3.63) is 29.8 Å². The van der Waals surface area contributed by atoms with Gasteiger partial charge in [0.15, 0.2) is 0 Å². The Balaban J connectivity index is 1.82. The second kappa shape index (κ2) is 4.61. The summed E-state index contributed by atoms with van der Waals surface area (Å²) in [6.45, 7) is 1.85. The summed E-state index contributed by atoms with van der Waals surface area (Å²) in [7, 11) is 0. The van der Waals surface area contributed by atoms with Gasteiger partial charge in [0.1, 0.15) is 18.3 Å². The molecule has 1 fully saturated rings. The highest BCUT2D eigenvalue weighted by Crippen LogP contribution is 2.35. The first-order chi connectivity index (χ1) is 8.81. The number of nitrogens with zero attached hydrogens (tertiary/aromatic N) is 1. The average molecular weight is 246 g/mol. The van der Waals surface area contributed by atoms with Gasteiger partial charge in [0.2, 0.25) is 5.91 Å². The molecule has 0 aliphatic carbocycles. The molecule has 3 rings (SSSR count). The van der Waals surface area contributed by atoms with Crippen molar-refractivity contribution < 1.29 is 9.53 Å². The van der Waals surface area contributed by atoms with Crippen molar-refractivity contribution >= 4 is 5.91 Å². The Morgan fingerprint density at radius 2 is 2.28 bits per heavy atom. The van der Waals surface area contributed by atoms with Gasteiger partial charge < -0.3 is 15.4 Å². The molecule has 1 saturated heterocycles. The van der Waals surface area contributed by atoms with Crippen molar-refractivity contribution in [3.63, 3.8) is 0 Å². The van der Waals surface area contributed by atoms with Crippen LogP contribution in [0.4, 0.5) is 0 Å². The second-order valence-electron chi connectivity index (χ2n) is 4.96. The number of nitrogens with two attached hydrogens (primary N) is 1. The van der Waals surface area contributed by atoms with E-state index in [1.807, 2.05) is 29.2 Å². The van der Waals surface area contributed by atoms with Gasteiger partial charge in [-0.25, -0.2) is 0 Å². The summed E-state index contributed by atoms with van der Waals surface area (Å²) in [5, 5.41) is 0. The lowest BCUT2D eigenvalue weighted by Gasteiger charge is -2.26.